The Morgan fingerprint density at radius 1 is 0.925 bits per heavy atom. The molecule has 1 aliphatic rings. The Balaban J connectivity index is 1.30. The third-order valence-electron chi connectivity index (χ3n) is 6.92. The quantitative estimate of drug-likeness (QED) is 0.191. The summed E-state index contributed by atoms with van der Waals surface area (Å²) in [7, 11) is -1.84. The molecule has 0 aliphatic carbocycles. The molecule has 3 aromatic carbocycles. The smallest absolute Gasteiger partial charge is 0.262 e. The second-order valence-electron chi connectivity index (χ2n) is 9.67. The van der Waals surface area contributed by atoms with Gasteiger partial charge in [-0.05, 0) is 60.4 Å². The van der Waals surface area contributed by atoms with E-state index in [1.54, 1.807) is 24.3 Å². The number of sulfonamides is 1. The molecule has 8 nitrogen and oxygen atoms in total. The van der Waals surface area contributed by atoms with E-state index >= 15 is 0 Å². The fraction of sp³-hybridized carbons (Fsp3) is 0.161. The van der Waals surface area contributed by atoms with Gasteiger partial charge < -0.3 is 15.2 Å². The monoisotopic (exact) mass is 552 g/mol. The Morgan fingerprint density at radius 2 is 1.65 bits per heavy atom. The minimum atomic E-state index is -3.81. The number of aryl methyl sites for hydroxylation is 3. The summed E-state index contributed by atoms with van der Waals surface area (Å²) in [5.74, 6) is 0.958. The van der Waals surface area contributed by atoms with Gasteiger partial charge in [0.25, 0.3) is 10.0 Å². The average molecular weight is 553 g/mol. The SMILES string of the molecule is Cn1c(CCc2ccc(C(=N)N)cc2)nc2cc(NS(=O)(=O)c3ccccc3CCN3C=CC=CC=C3)ccc21. The second kappa shape index (κ2) is 11.6. The second-order valence-corrected chi connectivity index (χ2v) is 11.3. The molecule has 40 heavy (non-hydrogen) atoms. The van der Waals surface area contributed by atoms with Crippen LogP contribution in [-0.2, 0) is 36.3 Å². The summed E-state index contributed by atoms with van der Waals surface area (Å²) in [6.45, 7) is 0.657. The van der Waals surface area contributed by atoms with Gasteiger partial charge in [0.1, 0.15) is 11.7 Å². The highest BCUT2D eigenvalue weighted by atomic mass is 32.2. The highest BCUT2D eigenvalue weighted by Gasteiger charge is 2.19. The number of aromatic nitrogens is 2. The Labute approximate surface area is 234 Å². The number of imidazole rings is 1. The summed E-state index contributed by atoms with van der Waals surface area (Å²) in [5, 5.41) is 7.54. The van der Waals surface area contributed by atoms with Crippen LogP contribution in [0.25, 0.3) is 11.0 Å². The standard InChI is InChI=1S/C31H32N6O2S/c1-36-28-16-15-26(22-27(28)34-30(36)17-12-23-10-13-25(14-11-23)31(32)33)35-40(38,39)29-9-5-4-8-24(29)18-21-37-19-6-2-3-7-20-37/h2-11,13-16,19-20,22,35H,12,17-18,21H2,1H3,(H3,32,33). The number of fused-ring (bicyclic) bond motifs is 1. The summed E-state index contributed by atoms with van der Waals surface area (Å²) in [6.07, 6.45) is 13.8. The first-order valence-corrected chi connectivity index (χ1v) is 14.6. The summed E-state index contributed by atoms with van der Waals surface area (Å²) >= 11 is 0. The highest BCUT2D eigenvalue weighted by molar-refractivity contribution is 7.92. The van der Waals surface area contributed by atoms with Crippen LogP contribution in [0.4, 0.5) is 5.69 Å². The first-order valence-electron chi connectivity index (χ1n) is 13.1. The van der Waals surface area contributed by atoms with Crippen molar-refractivity contribution in [3.05, 3.63) is 126 Å². The van der Waals surface area contributed by atoms with E-state index in [9.17, 15) is 8.42 Å². The van der Waals surface area contributed by atoms with Gasteiger partial charge in [-0.15, -0.1) is 0 Å². The van der Waals surface area contributed by atoms with Crippen LogP contribution < -0.4 is 10.5 Å². The summed E-state index contributed by atoms with van der Waals surface area (Å²) in [4.78, 5) is 7.10. The molecule has 0 atom stereocenters. The first kappa shape index (κ1) is 27.0. The Morgan fingerprint density at radius 3 is 2.38 bits per heavy atom. The molecule has 1 aromatic heterocycles. The van der Waals surface area contributed by atoms with Gasteiger partial charge in [0, 0.05) is 38.0 Å². The van der Waals surface area contributed by atoms with Crippen molar-refractivity contribution in [2.24, 2.45) is 12.8 Å². The van der Waals surface area contributed by atoms with Gasteiger partial charge in [-0.3, -0.25) is 10.1 Å². The molecule has 4 N–H and O–H groups in total. The minimum absolute atomic E-state index is 0.0530. The third kappa shape index (κ3) is 6.16. The van der Waals surface area contributed by atoms with Crippen molar-refractivity contribution in [3.63, 3.8) is 0 Å². The number of nitrogens with zero attached hydrogens (tertiary/aromatic N) is 3. The van der Waals surface area contributed by atoms with E-state index in [-0.39, 0.29) is 10.7 Å². The van der Waals surface area contributed by atoms with E-state index in [0.717, 1.165) is 40.8 Å². The van der Waals surface area contributed by atoms with Crippen LogP contribution in [-0.4, -0.2) is 35.2 Å². The molecule has 2 heterocycles. The molecule has 0 saturated carbocycles. The number of nitrogens with one attached hydrogen (secondary N) is 2. The van der Waals surface area contributed by atoms with Crippen LogP contribution in [0.3, 0.4) is 0 Å². The van der Waals surface area contributed by atoms with Crippen molar-refractivity contribution in [3.8, 4) is 0 Å². The van der Waals surface area contributed by atoms with Gasteiger partial charge in [-0.1, -0.05) is 54.6 Å². The van der Waals surface area contributed by atoms with Crippen LogP contribution in [0.1, 0.15) is 22.5 Å². The lowest BCUT2D eigenvalue weighted by atomic mass is 10.1. The zero-order chi connectivity index (χ0) is 28.1. The number of benzene rings is 3. The van der Waals surface area contributed by atoms with Crippen molar-refractivity contribution in [2.45, 2.75) is 24.2 Å². The van der Waals surface area contributed by atoms with Crippen molar-refractivity contribution < 1.29 is 8.42 Å². The molecule has 0 unspecified atom stereocenters. The maximum atomic E-state index is 13.5. The zero-order valence-corrected chi connectivity index (χ0v) is 23.1. The number of nitrogens with two attached hydrogens (primary N) is 1. The molecule has 9 heteroatoms. The Bertz CT molecular complexity index is 1720. The van der Waals surface area contributed by atoms with Gasteiger partial charge in [0.2, 0.25) is 0 Å². The van der Waals surface area contributed by atoms with Crippen LogP contribution in [0.15, 0.2) is 108 Å². The van der Waals surface area contributed by atoms with E-state index in [4.69, 9.17) is 16.1 Å². The maximum Gasteiger partial charge on any atom is 0.262 e. The van der Waals surface area contributed by atoms with Gasteiger partial charge >= 0.3 is 0 Å². The molecular weight excluding hydrogens is 520 g/mol. The van der Waals surface area contributed by atoms with E-state index < -0.39 is 10.0 Å². The van der Waals surface area contributed by atoms with Crippen LogP contribution in [0.5, 0.6) is 0 Å². The molecule has 0 amide bonds. The van der Waals surface area contributed by atoms with Crippen molar-refractivity contribution in [2.75, 3.05) is 11.3 Å². The first-order chi connectivity index (χ1) is 19.3. The largest absolute Gasteiger partial charge is 0.384 e. The minimum Gasteiger partial charge on any atom is -0.384 e. The molecule has 0 spiro atoms. The number of allylic oxidation sites excluding steroid dienone is 4. The van der Waals surface area contributed by atoms with E-state index in [0.29, 0.717) is 24.2 Å². The molecule has 0 bridgehead atoms. The van der Waals surface area contributed by atoms with Crippen LogP contribution in [0, 0.1) is 5.41 Å². The Kier molecular flexibility index (Phi) is 7.84. The third-order valence-corrected chi connectivity index (χ3v) is 8.40. The van der Waals surface area contributed by atoms with E-state index in [1.807, 2.05) is 95.7 Å². The predicted molar refractivity (Wildman–Crippen MR) is 161 cm³/mol. The Hall–Kier alpha value is -4.63. The zero-order valence-electron chi connectivity index (χ0n) is 22.3. The van der Waals surface area contributed by atoms with Crippen LogP contribution in [0.2, 0.25) is 0 Å². The van der Waals surface area contributed by atoms with Crippen molar-refractivity contribution in [1.29, 1.82) is 5.41 Å². The lowest BCUT2D eigenvalue weighted by Crippen LogP contribution is -2.18. The van der Waals surface area contributed by atoms with Gasteiger partial charge in [-0.25, -0.2) is 13.4 Å². The number of anilines is 1. The van der Waals surface area contributed by atoms with Crippen molar-refractivity contribution in [1.82, 2.24) is 14.5 Å². The molecule has 4 aromatic rings. The van der Waals surface area contributed by atoms with Gasteiger partial charge in [0.15, 0.2) is 0 Å². The summed E-state index contributed by atoms with van der Waals surface area (Å²) in [6, 6.07) is 20.2. The normalized spacial score (nSPS) is 13.1. The number of nitrogen functional groups attached to an aromatic ring is 1. The molecule has 0 saturated heterocycles. The molecule has 204 valence electrons. The summed E-state index contributed by atoms with van der Waals surface area (Å²) < 4.78 is 31.7. The van der Waals surface area contributed by atoms with Gasteiger partial charge in [0.05, 0.1) is 21.6 Å². The summed E-state index contributed by atoms with van der Waals surface area (Å²) in [5.41, 5.74) is 10.3. The van der Waals surface area contributed by atoms with E-state index in [1.165, 1.54) is 0 Å². The molecule has 1 aliphatic heterocycles. The van der Waals surface area contributed by atoms with Crippen LogP contribution >= 0.6 is 0 Å². The van der Waals surface area contributed by atoms with Gasteiger partial charge in [-0.2, -0.15) is 0 Å². The lowest BCUT2D eigenvalue weighted by molar-refractivity contribution is 0.507. The topological polar surface area (TPSA) is 117 Å². The molecule has 0 radical (unpaired) electrons. The lowest BCUT2D eigenvalue weighted by Gasteiger charge is -2.17. The maximum absolute atomic E-state index is 13.5. The van der Waals surface area contributed by atoms with Crippen molar-refractivity contribution >= 4 is 32.6 Å². The molecular formula is C31H32N6O2S. The number of amidine groups is 1. The number of rotatable bonds is 10. The fourth-order valence-electron chi connectivity index (χ4n) is 4.72. The molecule has 0 fully saturated rings. The van der Waals surface area contributed by atoms with E-state index in [2.05, 4.69) is 4.72 Å². The number of hydrogen-bond acceptors (Lipinski definition) is 5. The average Bonchev–Trinajstić information content (AvgIpc) is 3.09. The molecule has 5 rings (SSSR count). The number of hydrogen-bond donors (Lipinski definition) is 3. The predicted octanol–water partition coefficient (Wildman–Crippen LogP) is 4.89. The highest BCUT2D eigenvalue weighted by Crippen LogP contribution is 2.25. The fourth-order valence-corrected chi connectivity index (χ4v) is 6.04.